The fourth-order valence-electron chi connectivity index (χ4n) is 2.72. The van der Waals surface area contributed by atoms with Crippen LogP contribution in [0.3, 0.4) is 0 Å². The molecular formula is C21H19ClN4O5S2. The Hall–Kier alpha value is -3.25. The summed E-state index contributed by atoms with van der Waals surface area (Å²) < 4.78 is 29.9. The molecule has 0 unspecified atom stereocenters. The number of hydrogen-bond donors (Lipinski definition) is 2. The molecule has 0 saturated heterocycles. The van der Waals surface area contributed by atoms with Crippen molar-refractivity contribution in [2.45, 2.75) is 6.54 Å². The van der Waals surface area contributed by atoms with Crippen LogP contribution in [0, 0.1) is 0 Å². The molecule has 3 heterocycles. The minimum Gasteiger partial charge on any atom is -0.346 e. The molecule has 0 aliphatic heterocycles. The van der Waals surface area contributed by atoms with Crippen molar-refractivity contribution in [3.05, 3.63) is 98.6 Å². The first kappa shape index (κ1) is 24.4. The molecule has 0 bridgehead atoms. The second-order valence-electron chi connectivity index (χ2n) is 6.72. The van der Waals surface area contributed by atoms with Gasteiger partial charge in [0.05, 0.1) is 34.0 Å². The van der Waals surface area contributed by atoms with Crippen molar-refractivity contribution in [3.8, 4) is 11.4 Å². The van der Waals surface area contributed by atoms with Crippen molar-refractivity contribution in [2.24, 2.45) is 0 Å². The maximum absolute atomic E-state index is 12.1. The number of thiophene rings is 1. The summed E-state index contributed by atoms with van der Waals surface area (Å²) >= 11 is 7.09. The molecule has 12 heteroatoms. The highest BCUT2D eigenvalue weighted by Crippen LogP contribution is 2.21. The minimum atomic E-state index is -3.67. The number of nitrogens with zero attached hydrogens (tertiary/aromatic N) is 3. The highest BCUT2D eigenvalue weighted by Gasteiger charge is 2.09. The normalized spacial score (nSPS) is 10.9. The summed E-state index contributed by atoms with van der Waals surface area (Å²) in [5.74, 6) is -0.177. The van der Waals surface area contributed by atoms with E-state index in [1.54, 1.807) is 35.3 Å². The first-order valence-electron chi connectivity index (χ1n) is 9.37. The lowest BCUT2D eigenvalue weighted by Crippen LogP contribution is -2.21. The third kappa shape index (κ3) is 7.39. The number of pyridine rings is 1. The highest BCUT2D eigenvalue weighted by molar-refractivity contribution is 7.85. The van der Waals surface area contributed by atoms with Gasteiger partial charge in [-0.2, -0.15) is 8.42 Å². The number of hydrogen-bond acceptors (Lipinski definition) is 6. The summed E-state index contributed by atoms with van der Waals surface area (Å²) in [6, 6.07) is 16.0. The van der Waals surface area contributed by atoms with Gasteiger partial charge in [-0.3, -0.25) is 18.7 Å². The zero-order valence-electron chi connectivity index (χ0n) is 17.3. The number of carbonyl (C=O) groups excluding carboxylic acids is 1. The Kier molecular flexibility index (Phi) is 7.82. The Bertz CT molecular complexity index is 1400. The van der Waals surface area contributed by atoms with E-state index in [1.807, 2.05) is 41.1 Å². The second-order valence-corrected chi connectivity index (χ2v) is 9.90. The third-order valence-corrected chi connectivity index (χ3v) is 5.34. The van der Waals surface area contributed by atoms with Crippen LogP contribution in [0.4, 0.5) is 0 Å². The topological polar surface area (TPSA) is 123 Å². The lowest BCUT2D eigenvalue weighted by atomic mass is 10.2. The average Bonchev–Trinajstić information content (AvgIpc) is 3.41. The number of carbonyl (C=O) groups is 1. The SMILES string of the molecule is CS(=O)(=O)O.O=C(NCc1cn(-c2ccc(-n3ccccc3=O)cc2)cn1)c1ccc(Cl)s1. The van der Waals surface area contributed by atoms with Crippen LogP contribution in [0.25, 0.3) is 11.4 Å². The quantitative estimate of drug-likeness (QED) is 0.401. The van der Waals surface area contributed by atoms with E-state index >= 15 is 0 Å². The van der Waals surface area contributed by atoms with Crippen LogP contribution < -0.4 is 10.9 Å². The van der Waals surface area contributed by atoms with Crippen molar-refractivity contribution in [3.63, 3.8) is 0 Å². The van der Waals surface area contributed by atoms with E-state index in [2.05, 4.69) is 10.3 Å². The molecule has 0 fully saturated rings. The van der Waals surface area contributed by atoms with Gasteiger partial charge in [0, 0.05) is 29.8 Å². The van der Waals surface area contributed by atoms with Crippen molar-refractivity contribution >= 4 is 39.0 Å². The van der Waals surface area contributed by atoms with E-state index < -0.39 is 10.1 Å². The molecule has 172 valence electrons. The van der Waals surface area contributed by atoms with E-state index in [0.29, 0.717) is 22.0 Å². The third-order valence-electron chi connectivity index (χ3n) is 4.11. The van der Waals surface area contributed by atoms with Gasteiger partial charge in [0.25, 0.3) is 21.6 Å². The summed E-state index contributed by atoms with van der Waals surface area (Å²) in [7, 11) is -3.67. The number of aromatic nitrogens is 3. The van der Waals surface area contributed by atoms with Gasteiger partial charge in [0.2, 0.25) is 0 Å². The van der Waals surface area contributed by atoms with Gasteiger partial charge in [-0.25, -0.2) is 4.98 Å². The van der Waals surface area contributed by atoms with E-state index in [9.17, 15) is 18.0 Å². The number of imidazole rings is 1. The van der Waals surface area contributed by atoms with E-state index in [-0.39, 0.29) is 11.5 Å². The van der Waals surface area contributed by atoms with Gasteiger partial charge >= 0.3 is 0 Å². The molecule has 0 radical (unpaired) electrons. The second kappa shape index (κ2) is 10.6. The first-order chi connectivity index (χ1) is 15.6. The number of amides is 1. The van der Waals surface area contributed by atoms with Crippen LogP contribution in [-0.4, -0.2) is 39.3 Å². The predicted molar refractivity (Wildman–Crippen MR) is 127 cm³/mol. The molecule has 1 amide bonds. The Morgan fingerprint density at radius 2 is 1.79 bits per heavy atom. The maximum Gasteiger partial charge on any atom is 0.261 e. The van der Waals surface area contributed by atoms with Gasteiger partial charge in [-0.1, -0.05) is 17.7 Å². The van der Waals surface area contributed by atoms with Crippen LogP contribution in [-0.2, 0) is 16.7 Å². The molecule has 0 saturated carbocycles. The molecule has 4 rings (SSSR count). The summed E-state index contributed by atoms with van der Waals surface area (Å²) in [6.07, 6.45) is 5.99. The smallest absolute Gasteiger partial charge is 0.261 e. The van der Waals surface area contributed by atoms with Crippen LogP contribution in [0.5, 0.6) is 0 Å². The molecule has 0 spiro atoms. The number of halogens is 1. The Balaban J connectivity index is 0.000000555. The molecule has 3 aromatic heterocycles. The summed E-state index contributed by atoms with van der Waals surface area (Å²) in [4.78, 5) is 28.9. The molecular weight excluding hydrogens is 488 g/mol. The van der Waals surface area contributed by atoms with Gasteiger partial charge < -0.3 is 9.88 Å². The highest BCUT2D eigenvalue weighted by atomic mass is 35.5. The van der Waals surface area contributed by atoms with E-state index in [1.165, 1.54) is 17.4 Å². The molecule has 0 aliphatic rings. The Morgan fingerprint density at radius 3 is 2.39 bits per heavy atom. The number of nitrogens with one attached hydrogen (secondary N) is 1. The Labute approximate surface area is 198 Å². The van der Waals surface area contributed by atoms with Crippen molar-refractivity contribution < 1.29 is 17.8 Å². The van der Waals surface area contributed by atoms with E-state index in [0.717, 1.165) is 17.1 Å². The average molecular weight is 507 g/mol. The van der Waals surface area contributed by atoms with Crippen molar-refractivity contribution in [2.75, 3.05) is 6.26 Å². The fourth-order valence-corrected chi connectivity index (χ4v) is 3.68. The zero-order chi connectivity index (χ0) is 24.0. The van der Waals surface area contributed by atoms with E-state index in [4.69, 9.17) is 16.2 Å². The van der Waals surface area contributed by atoms with Gasteiger partial charge in [-0.15, -0.1) is 11.3 Å². The summed E-state index contributed by atoms with van der Waals surface area (Å²) in [6.45, 7) is 0.318. The maximum atomic E-state index is 12.1. The molecule has 33 heavy (non-hydrogen) atoms. The van der Waals surface area contributed by atoms with Gasteiger partial charge in [0.15, 0.2) is 0 Å². The van der Waals surface area contributed by atoms with Crippen molar-refractivity contribution in [1.29, 1.82) is 0 Å². The lowest BCUT2D eigenvalue weighted by molar-refractivity contribution is 0.0954. The number of benzene rings is 1. The van der Waals surface area contributed by atoms with Gasteiger partial charge in [-0.05, 0) is 42.5 Å². The zero-order valence-corrected chi connectivity index (χ0v) is 19.6. The van der Waals surface area contributed by atoms with Crippen molar-refractivity contribution in [1.82, 2.24) is 19.4 Å². The largest absolute Gasteiger partial charge is 0.346 e. The molecule has 9 nitrogen and oxygen atoms in total. The molecule has 2 N–H and O–H groups in total. The molecule has 0 atom stereocenters. The predicted octanol–water partition coefficient (Wildman–Crippen LogP) is 3.17. The monoisotopic (exact) mass is 506 g/mol. The Morgan fingerprint density at radius 1 is 1.12 bits per heavy atom. The number of rotatable bonds is 5. The first-order valence-corrected chi connectivity index (χ1v) is 12.4. The minimum absolute atomic E-state index is 0.0806. The summed E-state index contributed by atoms with van der Waals surface area (Å²) in [5, 5.41) is 2.83. The van der Waals surface area contributed by atoms with Gasteiger partial charge in [0.1, 0.15) is 0 Å². The van der Waals surface area contributed by atoms with Crippen LogP contribution in [0.2, 0.25) is 4.34 Å². The molecule has 4 aromatic rings. The lowest BCUT2D eigenvalue weighted by Gasteiger charge is -2.07. The van der Waals surface area contributed by atoms with Crippen LogP contribution in [0.1, 0.15) is 15.4 Å². The van der Waals surface area contributed by atoms with Crippen LogP contribution in [0.15, 0.2) is 78.1 Å². The van der Waals surface area contributed by atoms with Crippen LogP contribution >= 0.6 is 22.9 Å². The molecule has 0 aliphatic carbocycles. The standard InChI is InChI=1S/C20H15ClN4O2S.CH4O3S/c21-18-9-8-17(28-18)20(27)22-11-14-12-24(13-23-14)15-4-6-16(7-5-15)25-10-2-1-3-19(25)26;1-5(2,3)4/h1-10,12-13H,11H2,(H,22,27);1H3,(H,2,3,4). The summed E-state index contributed by atoms with van der Waals surface area (Å²) in [5.41, 5.74) is 2.35. The molecule has 1 aromatic carbocycles. The fraction of sp³-hybridized carbons (Fsp3) is 0.0952.